The summed E-state index contributed by atoms with van der Waals surface area (Å²) in [6.07, 6.45) is 0.325. The maximum Gasteiger partial charge on any atom is 0.250 e. The number of para-hydroxylation sites is 1. The van der Waals surface area contributed by atoms with E-state index in [1.54, 1.807) is 37.4 Å². The van der Waals surface area contributed by atoms with E-state index >= 15 is 0 Å². The normalized spacial score (nSPS) is 11.0. The number of carbonyl (C=O) groups is 1. The highest BCUT2D eigenvalue weighted by Gasteiger charge is 2.15. The molecule has 23 heavy (non-hydrogen) atoms. The first-order chi connectivity index (χ1) is 10.9. The van der Waals surface area contributed by atoms with E-state index in [1.165, 1.54) is 12.1 Å². The van der Waals surface area contributed by atoms with E-state index < -0.39 is 15.9 Å². The summed E-state index contributed by atoms with van der Waals surface area (Å²) in [6, 6.07) is 13.4. The molecule has 0 spiro atoms. The molecule has 0 unspecified atom stereocenters. The molecule has 0 radical (unpaired) electrons. The van der Waals surface area contributed by atoms with Crippen LogP contribution in [0.1, 0.15) is 15.9 Å². The fourth-order valence-electron chi connectivity index (χ4n) is 2.09. The van der Waals surface area contributed by atoms with Crippen molar-refractivity contribution in [2.75, 3.05) is 17.6 Å². The number of nitrogens with two attached hydrogens (primary N) is 1. The molecule has 0 heterocycles. The zero-order valence-electron chi connectivity index (χ0n) is 12.7. The number of anilines is 1. The van der Waals surface area contributed by atoms with Crippen molar-refractivity contribution in [3.63, 3.8) is 0 Å². The maximum atomic E-state index is 12.2. The Morgan fingerprint density at radius 3 is 2.61 bits per heavy atom. The molecule has 7 heteroatoms. The highest BCUT2D eigenvalue weighted by Crippen LogP contribution is 2.17. The topological polar surface area (TPSA) is 98.5 Å². The first-order valence-electron chi connectivity index (χ1n) is 6.93. The summed E-state index contributed by atoms with van der Waals surface area (Å²) >= 11 is 0. The van der Waals surface area contributed by atoms with Crippen LogP contribution in [-0.2, 0) is 16.4 Å². The summed E-state index contributed by atoms with van der Waals surface area (Å²) < 4.78 is 31.9. The van der Waals surface area contributed by atoms with Gasteiger partial charge in [-0.2, -0.15) is 0 Å². The van der Waals surface area contributed by atoms with Gasteiger partial charge in [0.2, 0.25) is 10.0 Å². The number of sulfonamides is 1. The number of carbonyl (C=O) groups excluding carboxylic acids is 1. The summed E-state index contributed by atoms with van der Waals surface area (Å²) in [6.45, 7) is 0. The number of methoxy groups -OCH3 is 1. The second kappa shape index (κ2) is 7.15. The first kappa shape index (κ1) is 16.8. The molecule has 0 saturated carbocycles. The molecule has 0 aliphatic rings. The standard InChI is InChI=1S/C16H18N2O4S/c1-22-13-6-4-5-12(11-13)9-10-23(20,21)18-15-8-3-2-7-14(15)16(17)19/h2-8,11,18H,9-10H2,1H3,(H2,17,19). The summed E-state index contributed by atoms with van der Waals surface area (Å²) in [5.74, 6) is -0.129. The minimum atomic E-state index is -3.61. The van der Waals surface area contributed by atoms with Gasteiger partial charge in [-0.05, 0) is 36.2 Å². The molecule has 1 amide bonds. The number of hydrogen-bond donors (Lipinski definition) is 2. The molecular weight excluding hydrogens is 316 g/mol. The van der Waals surface area contributed by atoms with Gasteiger partial charge in [0.15, 0.2) is 0 Å². The zero-order chi connectivity index (χ0) is 16.9. The van der Waals surface area contributed by atoms with Gasteiger partial charge < -0.3 is 10.5 Å². The average Bonchev–Trinajstić information content (AvgIpc) is 2.53. The summed E-state index contributed by atoms with van der Waals surface area (Å²) in [5.41, 5.74) is 6.41. The Hall–Kier alpha value is -2.54. The van der Waals surface area contributed by atoms with Crippen molar-refractivity contribution in [2.45, 2.75) is 6.42 Å². The number of aryl methyl sites for hydroxylation is 1. The van der Waals surface area contributed by atoms with Gasteiger partial charge in [-0.15, -0.1) is 0 Å². The molecule has 122 valence electrons. The zero-order valence-corrected chi connectivity index (χ0v) is 13.5. The van der Waals surface area contributed by atoms with Gasteiger partial charge in [-0.25, -0.2) is 8.42 Å². The monoisotopic (exact) mass is 334 g/mol. The minimum absolute atomic E-state index is 0.118. The van der Waals surface area contributed by atoms with Crippen molar-refractivity contribution in [2.24, 2.45) is 5.73 Å². The molecule has 0 atom stereocenters. The minimum Gasteiger partial charge on any atom is -0.497 e. The Balaban J connectivity index is 2.09. The number of hydrogen-bond acceptors (Lipinski definition) is 4. The fourth-order valence-corrected chi connectivity index (χ4v) is 3.21. The Morgan fingerprint density at radius 2 is 1.91 bits per heavy atom. The van der Waals surface area contributed by atoms with Gasteiger partial charge in [0.05, 0.1) is 24.1 Å². The van der Waals surface area contributed by atoms with Crippen molar-refractivity contribution in [3.8, 4) is 5.75 Å². The molecule has 0 aliphatic heterocycles. The number of nitrogens with one attached hydrogen (secondary N) is 1. The Kier molecular flexibility index (Phi) is 5.23. The summed E-state index contributed by atoms with van der Waals surface area (Å²) in [4.78, 5) is 11.3. The lowest BCUT2D eigenvalue weighted by atomic mass is 10.2. The highest BCUT2D eigenvalue weighted by molar-refractivity contribution is 7.92. The van der Waals surface area contributed by atoms with Gasteiger partial charge >= 0.3 is 0 Å². The van der Waals surface area contributed by atoms with Crippen LogP contribution in [0.25, 0.3) is 0 Å². The lowest BCUT2D eigenvalue weighted by Gasteiger charge is -2.11. The molecule has 2 aromatic rings. The Labute approximate surface area is 135 Å². The lowest BCUT2D eigenvalue weighted by Crippen LogP contribution is -2.21. The van der Waals surface area contributed by atoms with E-state index in [-0.39, 0.29) is 17.0 Å². The van der Waals surface area contributed by atoms with E-state index in [0.717, 1.165) is 5.56 Å². The molecule has 3 N–H and O–H groups in total. The van der Waals surface area contributed by atoms with Crippen LogP contribution in [-0.4, -0.2) is 27.2 Å². The quantitative estimate of drug-likeness (QED) is 0.806. The van der Waals surface area contributed by atoms with Crippen molar-refractivity contribution < 1.29 is 17.9 Å². The van der Waals surface area contributed by atoms with E-state index in [0.29, 0.717) is 12.2 Å². The van der Waals surface area contributed by atoms with Crippen LogP contribution in [0.4, 0.5) is 5.69 Å². The number of ether oxygens (including phenoxy) is 1. The average molecular weight is 334 g/mol. The number of rotatable bonds is 7. The maximum absolute atomic E-state index is 12.2. The number of amides is 1. The van der Waals surface area contributed by atoms with Crippen LogP contribution in [0.15, 0.2) is 48.5 Å². The lowest BCUT2D eigenvalue weighted by molar-refractivity contribution is 0.100. The van der Waals surface area contributed by atoms with Crippen molar-refractivity contribution >= 4 is 21.6 Å². The highest BCUT2D eigenvalue weighted by atomic mass is 32.2. The molecule has 2 rings (SSSR count). The number of primary amides is 1. The van der Waals surface area contributed by atoms with Gasteiger partial charge in [-0.1, -0.05) is 24.3 Å². The smallest absolute Gasteiger partial charge is 0.250 e. The Morgan fingerprint density at radius 1 is 1.17 bits per heavy atom. The third-order valence-electron chi connectivity index (χ3n) is 3.25. The van der Waals surface area contributed by atoms with Gasteiger partial charge in [0.25, 0.3) is 5.91 Å². The van der Waals surface area contributed by atoms with Crippen molar-refractivity contribution in [1.29, 1.82) is 0 Å². The predicted molar refractivity (Wildman–Crippen MR) is 89.1 cm³/mol. The van der Waals surface area contributed by atoms with Gasteiger partial charge in [0.1, 0.15) is 5.75 Å². The van der Waals surface area contributed by atoms with Crippen LogP contribution in [0.2, 0.25) is 0 Å². The largest absolute Gasteiger partial charge is 0.497 e. The molecule has 6 nitrogen and oxygen atoms in total. The van der Waals surface area contributed by atoms with E-state index in [2.05, 4.69) is 4.72 Å². The van der Waals surface area contributed by atoms with Crippen LogP contribution in [0.3, 0.4) is 0 Å². The molecular formula is C16H18N2O4S. The Bertz CT molecular complexity index is 803. The van der Waals surface area contributed by atoms with Gasteiger partial charge in [-0.3, -0.25) is 9.52 Å². The molecule has 0 aliphatic carbocycles. The molecule has 2 aromatic carbocycles. The molecule has 0 saturated heterocycles. The van der Waals surface area contributed by atoms with Crippen LogP contribution in [0, 0.1) is 0 Å². The van der Waals surface area contributed by atoms with Crippen molar-refractivity contribution in [3.05, 3.63) is 59.7 Å². The van der Waals surface area contributed by atoms with E-state index in [4.69, 9.17) is 10.5 Å². The van der Waals surface area contributed by atoms with Crippen molar-refractivity contribution in [1.82, 2.24) is 0 Å². The summed E-state index contributed by atoms with van der Waals surface area (Å²) in [5, 5.41) is 0. The first-order valence-corrected chi connectivity index (χ1v) is 8.59. The molecule has 0 fully saturated rings. The van der Waals surface area contributed by atoms with E-state index in [1.807, 2.05) is 6.07 Å². The van der Waals surface area contributed by atoms with E-state index in [9.17, 15) is 13.2 Å². The fraction of sp³-hybridized carbons (Fsp3) is 0.188. The second-order valence-electron chi connectivity index (χ2n) is 4.93. The van der Waals surface area contributed by atoms with Crippen LogP contribution >= 0.6 is 0 Å². The third-order valence-corrected chi connectivity index (χ3v) is 4.52. The second-order valence-corrected chi connectivity index (χ2v) is 6.77. The predicted octanol–water partition coefficient (Wildman–Crippen LogP) is 1.78. The third kappa shape index (κ3) is 4.72. The molecule has 0 bridgehead atoms. The van der Waals surface area contributed by atoms with Gasteiger partial charge in [0, 0.05) is 0 Å². The van der Waals surface area contributed by atoms with Crippen LogP contribution in [0.5, 0.6) is 5.75 Å². The SMILES string of the molecule is COc1cccc(CCS(=O)(=O)Nc2ccccc2C(N)=O)c1. The van der Waals surface area contributed by atoms with Crippen LogP contribution < -0.4 is 15.2 Å². The number of benzene rings is 2. The molecule has 0 aromatic heterocycles. The summed E-state index contributed by atoms with van der Waals surface area (Å²) in [7, 11) is -2.05.